The fraction of sp³-hybridized carbons (Fsp3) is 0.250. The van der Waals surface area contributed by atoms with Crippen LogP contribution in [-0.4, -0.2) is 35.4 Å². The van der Waals surface area contributed by atoms with E-state index < -0.39 is 10.0 Å². The van der Waals surface area contributed by atoms with E-state index in [9.17, 15) is 8.42 Å². The summed E-state index contributed by atoms with van der Waals surface area (Å²) in [5.41, 5.74) is 4.11. The average Bonchev–Trinajstić information content (AvgIpc) is 3.00. The van der Waals surface area contributed by atoms with Crippen molar-refractivity contribution in [2.24, 2.45) is 7.05 Å². The summed E-state index contributed by atoms with van der Waals surface area (Å²) in [6, 6.07) is 13.3. The topological polar surface area (TPSA) is 55.2 Å². The Kier molecular flexibility index (Phi) is 4.38. The van der Waals surface area contributed by atoms with Gasteiger partial charge in [-0.2, -0.15) is 4.31 Å². The molecule has 0 saturated carbocycles. The van der Waals surface area contributed by atoms with Gasteiger partial charge in [-0.3, -0.25) is 0 Å². The van der Waals surface area contributed by atoms with Gasteiger partial charge in [0.2, 0.25) is 10.0 Å². The molecule has 1 aliphatic heterocycles. The number of aryl methyl sites for hydroxylation is 1. The molecule has 6 heteroatoms. The van der Waals surface area contributed by atoms with Crippen LogP contribution in [0, 0.1) is 0 Å². The van der Waals surface area contributed by atoms with E-state index in [1.165, 1.54) is 5.57 Å². The highest BCUT2D eigenvalue weighted by Gasteiger charge is 2.25. The number of nitrogens with zero attached hydrogens (tertiary/aromatic N) is 3. The number of aromatic nitrogens is 2. The zero-order chi connectivity index (χ0) is 18.1. The highest BCUT2D eigenvalue weighted by atomic mass is 32.2. The van der Waals surface area contributed by atoms with Crippen LogP contribution in [0.25, 0.3) is 16.6 Å². The molecule has 2 aromatic heterocycles. The third-order valence-electron chi connectivity index (χ3n) is 4.84. The first kappa shape index (κ1) is 17.0. The van der Waals surface area contributed by atoms with Crippen molar-refractivity contribution in [2.45, 2.75) is 12.2 Å². The van der Waals surface area contributed by atoms with Gasteiger partial charge in [0, 0.05) is 43.5 Å². The molecular weight excluding hydrogens is 346 g/mol. The molecule has 0 N–H and O–H groups in total. The molecule has 26 heavy (non-hydrogen) atoms. The molecule has 3 aromatic rings. The minimum Gasteiger partial charge on any atom is -0.335 e. The average molecular weight is 367 g/mol. The van der Waals surface area contributed by atoms with Gasteiger partial charge in [0.25, 0.3) is 0 Å². The molecule has 0 fully saturated rings. The van der Waals surface area contributed by atoms with Gasteiger partial charge in [0.15, 0.2) is 0 Å². The maximum Gasteiger partial charge on any atom is 0.218 e. The molecule has 0 amide bonds. The summed E-state index contributed by atoms with van der Waals surface area (Å²) in [5.74, 6) is 0.0508. The molecule has 134 valence electrons. The summed E-state index contributed by atoms with van der Waals surface area (Å²) >= 11 is 0. The Bertz CT molecular complexity index is 1070. The Morgan fingerprint density at radius 2 is 1.92 bits per heavy atom. The molecule has 0 unspecified atom stereocenters. The fourth-order valence-electron chi connectivity index (χ4n) is 3.49. The normalized spacial score (nSPS) is 16.0. The molecule has 0 atom stereocenters. The Morgan fingerprint density at radius 1 is 1.12 bits per heavy atom. The maximum absolute atomic E-state index is 12.7. The lowest BCUT2D eigenvalue weighted by Crippen LogP contribution is -2.35. The Labute approximate surface area is 153 Å². The van der Waals surface area contributed by atoms with Crippen molar-refractivity contribution in [3.8, 4) is 0 Å². The Hall–Kier alpha value is -2.44. The van der Waals surface area contributed by atoms with Crippen LogP contribution in [0.1, 0.15) is 17.5 Å². The molecular formula is C20H21N3O2S. The van der Waals surface area contributed by atoms with E-state index in [1.54, 1.807) is 10.5 Å². The van der Waals surface area contributed by atoms with Gasteiger partial charge < -0.3 is 4.57 Å². The first-order chi connectivity index (χ1) is 12.5. The summed E-state index contributed by atoms with van der Waals surface area (Å²) in [7, 11) is -1.32. The fourth-order valence-corrected chi connectivity index (χ4v) is 4.96. The number of hydrogen-bond donors (Lipinski definition) is 0. The van der Waals surface area contributed by atoms with E-state index in [0.29, 0.717) is 19.5 Å². The summed E-state index contributed by atoms with van der Waals surface area (Å²) in [6.07, 6.45) is 6.62. The van der Waals surface area contributed by atoms with Crippen LogP contribution in [-0.2, 0) is 22.8 Å². The van der Waals surface area contributed by atoms with Crippen LogP contribution in [0.15, 0.2) is 60.9 Å². The second-order valence-electron chi connectivity index (χ2n) is 6.61. The van der Waals surface area contributed by atoms with Gasteiger partial charge in [0.05, 0.1) is 5.75 Å². The van der Waals surface area contributed by atoms with E-state index in [4.69, 9.17) is 0 Å². The predicted molar refractivity (Wildman–Crippen MR) is 104 cm³/mol. The molecule has 0 bridgehead atoms. The first-order valence-corrected chi connectivity index (χ1v) is 10.3. The van der Waals surface area contributed by atoms with Gasteiger partial charge in [-0.05, 0) is 29.7 Å². The van der Waals surface area contributed by atoms with Crippen molar-refractivity contribution >= 4 is 26.6 Å². The highest BCUT2D eigenvalue weighted by Crippen LogP contribution is 2.30. The van der Waals surface area contributed by atoms with E-state index in [0.717, 1.165) is 22.2 Å². The van der Waals surface area contributed by atoms with Crippen LogP contribution in [0.2, 0.25) is 0 Å². The number of benzene rings is 1. The molecule has 4 rings (SSSR count). The monoisotopic (exact) mass is 367 g/mol. The number of sulfonamides is 1. The predicted octanol–water partition coefficient (Wildman–Crippen LogP) is 3.19. The number of hydrogen-bond acceptors (Lipinski definition) is 3. The Morgan fingerprint density at radius 3 is 2.65 bits per heavy atom. The van der Waals surface area contributed by atoms with Crippen molar-refractivity contribution in [3.63, 3.8) is 0 Å². The van der Waals surface area contributed by atoms with Crippen LogP contribution in [0.3, 0.4) is 0 Å². The smallest absolute Gasteiger partial charge is 0.218 e. The number of fused-ring (bicyclic) bond motifs is 1. The molecule has 0 spiro atoms. The molecule has 0 saturated heterocycles. The van der Waals surface area contributed by atoms with Crippen molar-refractivity contribution < 1.29 is 8.42 Å². The lowest BCUT2D eigenvalue weighted by atomic mass is 10.0. The van der Waals surface area contributed by atoms with Gasteiger partial charge >= 0.3 is 0 Å². The summed E-state index contributed by atoms with van der Waals surface area (Å²) in [5, 5.41) is 1.11. The van der Waals surface area contributed by atoms with Crippen molar-refractivity contribution in [3.05, 3.63) is 72.1 Å². The SMILES string of the molecule is Cn1cc(C2=CCN(S(=O)(=O)Cc3ccccc3)CC2)c2cccnc21. The van der Waals surface area contributed by atoms with Gasteiger partial charge in [0.1, 0.15) is 5.65 Å². The lowest BCUT2D eigenvalue weighted by Gasteiger charge is -2.26. The van der Waals surface area contributed by atoms with E-state index >= 15 is 0 Å². The minimum atomic E-state index is -3.31. The number of rotatable bonds is 4. The zero-order valence-electron chi connectivity index (χ0n) is 14.7. The second kappa shape index (κ2) is 6.70. The largest absolute Gasteiger partial charge is 0.335 e. The quantitative estimate of drug-likeness (QED) is 0.712. The molecule has 0 radical (unpaired) electrons. The number of pyridine rings is 1. The molecule has 1 aromatic carbocycles. The summed E-state index contributed by atoms with van der Waals surface area (Å²) in [4.78, 5) is 4.43. The third-order valence-corrected chi connectivity index (χ3v) is 6.65. The Balaban J connectivity index is 1.56. The summed E-state index contributed by atoms with van der Waals surface area (Å²) < 4.78 is 29.0. The lowest BCUT2D eigenvalue weighted by molar-refractivity contribution is 0.440. The standard InChI is InChI=1S/C20H21N3O2S/c1-22-14-19(18-8-5-11-21-20(18)22)17-9-12-23(13-10-17)26(24,25)15-16-6-3-2-4-7-16/h2-9,11,14H,10,12-13,15H2,1H3. The van der Waals surface area contributed by atoms with Crippen molar-refractivity contribution in [1.82, 2.24) is 13.9 Å². The first-order valence-electron chi connectivity index (χ1n) is 8.66. The minimum absolute atomic E-state index is 0.0508. The maximum atomic E-state index is 12.7. The van der Waals surface area contributed by atoms with Crippen molar-refractivity contribution in [1.29, 1.82) is 0 Å². The zero-order valence-corrected chi connectivity index (χ0v) is 15.5. The summed E-state index contributed by atoms with van der Waals surface area (Å²) in [6.45, 7) is 0.929. The van der Waals surface area contributed by atoms with Crippen molar-refractivity contribution in [2.75, 3.05) is 13.1 Å². The second-order valence-corrected chi connectivity index (χ2v) is 8.58. The van der Waals surface area contributed by atoms with E-state index in [2.05, 4.69) is 17.2 Å². The highest BCUT2D eigenvalue weighted by molar-refractivity contribution is 7.88. The molecule has 1 aliphatic rings. The van der Waals surface area contributed by atoms with E-state index in [1.807, 2.05) is 54.1 Å². The molecule has 0 aliphatic carbocycles. The molecule has 5 nitrogen and oxygen atoms in total. The van der Waals surface area contributed by atoms with Gasteiger partial charge in [-0.1, -0.05) is 36.4 Å². The van der Waals surface area contributed by atoms with Crippen LogP contribution in [0.4, 0.5) is 0 Å². The van der Waals surface area contributed by atoms with Crippen LogP contribution in [0.5, 0.6) is 0 Å². The van der Waals surface area contributed by atoms with Crippen LogP contribution >= 0.6 is 0 Å². The van der Waals surface area contributed by atoms with E-state index in [-0.39, 0.29) is 5.75 Å². The van der Waals surface area contributed by atoms with Gasteiger partial charge in [-0.25, -0.2) is 13.4 Å². The molecule has 3 heterocycles. The van der Waals surface area contributed by atoms with Gasteiger partial charge in [-0.15, -0.1) is 0 Å². The third kappa shape index (κ3) is 3.18. The van der Waals surface area contributed by atoms with Crippen LogP contribution < -0.4 is 0 Å².